The zero-order chi connectivity index (χ0) is 83.7. The molecule has 30 nitrogen and oxygen atoms in total. The average Bonchev–Trinajstić information content (AvgIpc) is 1.44. The van der Waals surface area contributed by atoms with Crippen LogP contribution in [0.2, 0.25) is 0 Å². The van der Waals surface area contributed by atoms with Crippen molar-refractivity contribution in [3.63, 3.8) is 0 Å². The minimum absolute atomic E-state index is 0. The lowest BCUT2D eigenvalue weighted by Gasteiger charge is -2.62. The van der Waals surface area contributed by atoms with Crippen molar-refractivity contribution < 1.29 is 86.3 Å². The second-order valence-electron chi connectivity index (χ2n) is 33.1. The van der Waals surface area contributed by atoms with Crippen LogP contribution in [0, 0.1) is 50.4 Å². The molecule has 22 rings (SSSR count). The van der Waals surface area contributed by atoms with Crippen LogP contribution in [0.25, 0.3) is 21.8 Å². The number of nitrogens with zero attached hydrogens (tertiary/aromatic N) is 6. The Hall–Kier alpha value is -10.9. The molecule has 0 radical (unpaired) electrons. The van der Waals surface area contributed by atoms with E-state index in [4.69, 9.17) is 57.8 Å². The molecule has 14 aliphatic rings. The van der Waals surface area contributed by atoms with Crippen LogP contribution in [0.1, 0.15) is 145 Å². The van der Waals surface area contributed by atoms with Crippen molar-refractivity contribution in [2.24, 2.45) is 5.73 Å². The number of thioether (sulfide) groups is 2. The largest absolute Gasteiger partial charge is 0.504 e. The van der Waals surface area contributed by atoms with Crippen molar-refractivity contribution in [2.45, 2.75) is 169 Å². The fourth-order valence-electron chi connectivity index (χ4n) is 22.2. The number of carbonyl (C=O) groups excluding carboxylic acids is 5. The van der Waals surface area contributed by atoms with Crippen LogP contribution in [0.4, 0.5) is 4.79 Å². The van der Waals surface area contributed by atoms with E-state index in [1.54, 1.807) is 7.11 Å². The zero-order valence-corrected chi connectivity index (χ0v) is 69.5. The van der Waals surface area contributed by atoms with E-state index in [0.29, 0.717) is 123 Å². The summed E-state index contributed by atoms with van der Waals surface area (Å²) in [5.41, 5.74) is 17.3. The third-order valence-electron chi connectivity index (χ3n) is 26.9. The summed E-state index contributed by atoms with van der Waals surface area (Å²) in [6.45, 7) is 13.8. The van der Waals surface area contributed by atoms with Crippen LogP contribution in [0.15, 0.2) is 73.3 Å². The predicted octanol–water partition coefficient (Wildman–Crippen LogP) is 9.75. The maximum atomic E-state index is 15.3. The molecular formula is C89H96N12O18S2. The Labute approximate surface area is 706 Å². The second-order valence-corrected chi connectivity index (χ2v) is 35.4. The second kappa shape index (κ2) is 30.6. The lowest BCUT2D eigenvalue weighted by molar-refractivity contribution is -0.158. The summed E-state index contributed by atoms with van der Waals surface area (Å²) < 4.78 is 67.1. The molecule has 4 fully saturated rings. The minimum atomic E-state index is -1.49. The topological polar surface area (TPSA) is 382 Å². The van der Waals surface area contributed by atoms with E-state index in [1.807, 2.05) is 90.3 Å². The first kappa shape index (κ1) is 81.1. The highest BCUT2D eigenvalue weighted by Crippen LogP contribution is 2.68. The number of para-hydroxylation sites is 2. The molecule has 632 valence electrons. The van der Waals surface area contributed by atoms with Crippen molar-refractivity contribution >= 4 is 75.3 Å². The minimum Gasteiger partial charge on any atom is -0.504 e. The molecule has 2 spiro atoms. The number of likely N-dealkylation sites (N-methyl/N-ethyl adjacent to an activating group) is 2. The van der Waals surface area contributed by atoms with E-state index in [1.165, 1.54) is 50.6 Å². The van der Waals surface area contributed by atoms with Gasteiger partial charge in [0.15, 0.2) is 57.1 Å². The van der Waals surface area contributed by atoms with Gasteiger partial charge in [0.2, 0.25) is 13.6 Å². The summed E-state index contributed by atoms with van der Waals surface area (Å²) in [4.78, 5) is 85.2. The maximum absolute atomic E-state index is 15.3. The van der Waals surface area contributed by atoms with Gasteiger partial charge in [0.25, 0.3) is 0 Å². The van der Waals surface area contributed by atoms with Crippen molar-refractivity contribution in [1.82, 2.24) is 45.5 Å². The van der Waals surface area contributed by atoms with Gasteiger partial charge in [-0.15, -0.1) is 23.5 Å². The number of amides is 1. The molecule has 16 atom stereocenters. The van der Waals surface area contributed by atoms with Crippen LogP contribution < -0.4 is 59.6 Å². The number of ether oxygens (including phenoxy) is 11. The van der Waals surface area contributed by atoms with Gasteiger partial charge in [-0.05, 0) is 113 Å². The molecule has 121 heavy (non-hydrogen) atoms. The van der Waals surface area contributed by atoms with E-state index in [0.717, 1.165) is 66.4 Å². The Morgan fingerprint density at radius 3 is 1.48 bits per heavy atom. The number of methoxy groups -OCH3 is 2. The van der Waals surface area contributed by atoms with Gasteiger partial charge in [-0.1, -0.05) is 68.6 Å². The lowest BCUT2D eigenvalue weighted by atomic mass is 9.71. The van der Waals surface area contributed by atoms with E-state index >= 15 is 9.59 Å². The summed E-state index contributed by atoms with van der Waals surface area (Å²) in [5, 5.41) is 57.8. The van der Waals surface area contributed by atoms with Crippen LogP contribution in [0.5, 0.6) is 57.5 Å². The number of nitriles is 2. The number of phenols is 2. The van der Waals surface area contributed by atoms with Crippen LogP contribution in [0.3, 0.4) is 0 Å². The highest BCUT2D eigenvalue weighted by atomic mass is 32.2. The number of hydrogen-bond donors (Lipinski definition) is 8. The molecule has 32 heteroatoms. The number of esters is 4. The van der Waals surface area contributed by atoms with Crippen LogP contribution in [-0.2, 0) is 70.1 Å². The molecule has 0 aliphatic carbocycles. The Kier molecular flexibility index (Phi) is 20.5. The van der Waals surface area contributed by atoms with E-state index in [9.17, 15) is 35.1 Å². The first-order chi connectivity index (χ1) is 57.9. The molecule has 0 unspecified atom stereocenters. The standard InChI is InChI=1S/C46H48N6O10S.C42H44N6O8S.CH4/c1-7-12-58-45(56)48-17-25-15-27-26-10-8-9-11-28(26)49-43(27)46(50-25)19-63-42-34-33(41-40(60-20-61-41)22(3)39(34)62-23(4)53)31(18-59-44(46)55)52-30(16-47)29-14-24-13-21(2)38(57-6)37(54)32(24)35(36(42)52)51(29)5;1-18-10-21-11-26-27(14-44)48-28-15-53-41(51)42(40-24(12-22(13-43)46-42)23-8-6-7-9-25(23)45-40)16-57-39(33(48)32(47(26)4)29(21)34(50)35(18)52-5)31-30(28)38-37(54-17-55-38)19(2)36(31)56-20(3)49;/h7-11,13,25,29-31,35-36,42,49-50,54H,1,12,14-15,17-20H2,2-6H3,(H,48,56);6-10,22,26-28,32-33,39,45-46,50H,11-13,15-17,43H2,1-5H3;1H4/t25-,29+,30+,31+,35-,36-,42-,46-;22-,26+,27+,28+,32-,33-,39-,42-;/m11./s1. The van der Waals surface area contributed by atoms with E-state index in [-0.39, 0.29) is 88.5 Å². The van der Waals surface area contributed by atoms with E-state index in [2.05, 4.69) is 76.4 Å². The number of rotatable bonds is 9. The van der Waals surface area contributed by atoms with Gasteiger partial charge in [0.05, 0.1) is 72.4 Å². The number of aryl methyl sites for hydroxylation is 2. The molecule has 4 saturated heterocycles. The molecule has 14 aliphatic heterocycles. The maximum Gasteiger partial charge on any atom is 0.407 e. The third-order valence-corrected chi connectivity index (χ3v) is 29.8. The predicted molar refractivity (Wildman–Crippen MR) is 446 cm³/mol. The monoisotopic (exact) mass is 1680 g/mol. The van der Waals surface area contributed by atoms with Gasteiger partial charge < -0.3 is 83.3 Å². The number of piperazine rings is 2. The molecule has 1 amide bonds. The number of carbonyl (C=O) groups is 5. The van der Waals surface area contributed by atoms with Gasteiger partial charge in [-0.2, -0.15) is 10.5 Å². The van der Waals surface area contributed by atoms with Gasteiger partial charge in [-0.3, -0.25) is 39.8 Å². The van der Waals surface area contributed by atoms with Crippen molar-refractivity contribution in [2.75, 3.05) is 86.3 Å². The number of alkyl carbamates (subject to hydrolysis) is 1. The molecule has 16 heterocycles. The smallest absolute Gasteiger partial charge is 0.407 e. The van der Waals surface area contributed by atoms with Crippen molar-refractivity contribution in [3.05, 3.63) is 163 Å². The van der Waals surface area contributed by atoms with E-state index < -0.39 is 106 Å². The number of hydrogen-bond acceptors (Lipinski definition) is 29. The van der Waals surface area contributed by atoms with Gasteiger partial charge in [0.1, 0.15) is 43.4 Å². The lowest BCUT2D eigenvalue weighted by Crippen LogP contribution is -2.69. The zero-order valence-electron chi connectivity index (χ0n) is 67.8. The normalized spacial score (nSPS) is 28.6. The highest BCUT2D eigenvalue weighted by molar-refractivity contribution is 7.99. The Morgan fingerprint density at radius 1 is 0.628 bits per heavy atom. The quantitative estimate of drug-likeness (QED) is 0.0288. The number of aromatic amines is 2. The molecule has 9 N–H and O–H groups in total. The molecule has 8 bridgehead atoms. The average molecular weight is 1690 g/mol. The summed E-state index contributed by atoms with van der Waals surface area (Å²) in [6.07, 6.45) is 2.93. The third kappa shape index (κ3) is 12.1. The Morgan fingerprint density at radius 2 is 1.06 bits per heavy atom. The number of nitrogens with one attached hydrogen (secondary N) is 5. The number of aromatic hydroxyl groups is 2. The number of H-pyrrole nitrogens is 2. The van der Waals surface area contributed by atoms with Gasteiger partial charge in [-0.25, -0.2) is 14.4 Å². The fraction of sp³-hybridized carbons (Fsp3) is 0.449. The Bertz CT molecular complexity index is 5800. The van der Waals surface area contributed by atoms with Crippen molar-refractivity contribution in [3.8, 4) is 69.6 Å². The number of benzene rings is 6. The highest BCUT2D eigenvalue weighted by Gasteiger charge is 2.66. The van der Waals surface area contributed by atoms with Gasteiger partial charge >= 0.3 is 30.0 Å². The van der Waals surface area contributed by atoms with Crippen molar-refractivity contribution in [1.29, 1.82) is 10.5 Å². The molecule has 2 aromatic heterocycles. The fourth-order valence-corrected chi connectivity index (χ4v) is 25.5. The van der Waals surface area contributed by atoms with Crippen LogP contribution in [-0.4, -0.2) is 204 Å². The number of nitrogens with two attached hydrogens (primary N) is 1. The summed E-state index contributed by atoms with van der Waals surface area (Å²) >= 11 is 3.00. The number of aromatic nitrogens is 2. The van der Waals surface area contributed by atoms with Crippen LogP contribution >= 0.6 is 23.5 Å². The molecule has 6 aromatic carbocycles. The number of phenolic OH excluding ortho intramolecular Hbond substituents is 2. The SMILES string of the molecule is C.C=CCOC(=O)NC[C@H]1Cc2c([nH]c3ccccc23)[C@@]2(CS[C@@H]3c4c(OC(C)=O)c(C)c5c(c4[C@H](COC2=O)N2[C@@H]3[C@H]3c4c(cc(C)c(OC)c4O)C[C@@H]([C@@H]2C#N)N3C)OCO5)N1.COc1c(C)cc2c(c1O)[C@@H]1[C@@H]3[C@@H]4SC[C@]5(N[C@@H](CN)Cc6c5[nH]c5ccccc65)C(=O)OC[C@@H](c5c6c(c(C)c(OC(C)=O)c54)OCO6)N3[C@@H](C#N)[C@H](C2)N1C. The number of fused-ring (bicyclic) bond motifs is 22. The summed E-state index contributed by atoms with van der Waals surface area (Å²) in [7, 11) is 7.08. The first-order valence-electron chi connectivity index (χ1n) is 40.3. The summed E-state index contributed by atoms with van der Waals surface area (Å²) in [5.74, 6) is 1.54. The first-order valence-corrected chi connectivity index (χ1v) is 42.4. The molecular weight excluding hydrogens is 1590 g/mol. The Balaban J connectivity index is 0.000000165. The summed E-state index contributed by atoms with van der Waals surface area (Å²) in [6, 6.07) is 19.0. The molecule has 8 aromatic rings. The molecule has 0 saturated carbocycles. The van der Waals surface area contributed by atoms with Gasteiger partial charge in [0, 0.05) is 141 Å².